The molecule has 108 valence electrons. The van der Waals surface area contributed by atoms with Crippen molar-refractivity contribution in [2.45, 2.75) is 16.9 Å². The Morgan fingerprint density at radius 1 is 1.09 bits per heavy atom. The van der Waals surface area contributed by atoms with Gasteiger partial charge in [-0.15, -0.1) is 10.2 Å². The van der Waals surface area contributed by atoms with Crippen molar-refractivity contribution in [2.75, 3.05) is 0 Å². The van der Waals surface area contributed by atoms with Crippen molar-refractivity contribution in [3.63, 3.8) is 0 Å². The predicted octanol–water partition coefficient (Wildman–Crippen LogP) is 3.03. The van der Waals surface area contributed by atoms with E-state index in [0.29, 0.717) is 17.5 Å². The summed E-state index contributed by atoms with van der Waals surface area (Å²) in [5.41, 5.74) is 2.70. The van der Waals surface area contributed by atoms with E-state index in [4.69, 9.17) is 4.42 Å². The fourth-order valence-corrected chi connectivity index (χ4v) is 3.45. The molecule has 2 heterocycles. The van der Waals surface area contributed by atoms with E-state index in [1.54, 1.807) is 24.5 Å². The molecule has 0 fully saturated rings. The normalized spacial score (nSPS) is 16.7. The van der Waals surface area contributed by atoms with Gasteiger partial charge in [-0.3, -0.25) is 9.78 Å². The van der Waals surface area contributed by atoms with E-state index in [2.05, 4.69) is 15.2 Å². The van der Waals surface area contributed by atoms with Crippen LogP contribution in [0.1, 0.15) is 15.9 Å². The first-order valence-corrected chi connectivity index (χ1v) is 7.72. The number of pyridine rings is 1. The summed E-state index contributed by atoms with van der Waals surface area (Å²) >= 11 is 1.33. The Bertz CT molecular complexity index is 832. The molecular weight excluding hydrogens is 298 g/mol. The molecule has 22 heavy (non-hydrogen) atoms. The van der Waals surface area contributed by atoms with E-state index in [1.807, 2.05) is 24.3 Å². The number of nitrogens with zero attached hydrogens (tertiary/aromatic N) is 3. The molecular formula is C16H11N3O2S. The summed E-state index contributed by atoms with van der Waals surface area (Å²) in [7, 11) is 0. The molecule has 5 nitrogen and oxygen atoms in total. The zero-order valence-electron chi connectivity index (χ0n) is 11.5. The van der Waals surface area contributed by atoms with E-state index in [1.165, 1.54) is 11.8 Å². The van der Waals surface area contributed by atoms with Crippen molar-refractivity contribution in [2.24, 2.45) is 0 Å². The Balaban J connectivity index is 1.54. The summed E-state index contributed by atoms with van der Waals surface area (Å²) in [5, 5.41) is 8.28. The average Bonchev–Trinajstić information content (AvgIpc) is 3.15. The van der Waals surface area contributed by atoms with E-state index in [-0.39, 0.29) is 11.0 Å². The van der Waals surface area contributed by atoms with Gasteiger partial charge in [0.1, 0.15) is 0 Å². The van der Waals surface area contributed by atoms with Gasteiger partial charge in [0.15, 0.2) is 5.78 Å². The molecule has 1 aliphatic carbocycles. The highest BCUT2D eigenvalue weighted by atomic mass is 32.2. The summed E-state index contributed by atoms with van der Waals surface area (Å²) in [4.78, 5) is 16.3. The minimum atomic E-state index is -0.192. The third-order valence-corrected chi connectivity index (χ3v) is 4.59. The van der Waals surface area contributed by atoms with E-state index in [0.717, 1.165) is 16.7 Å². The topological polar surface area (TPSA) is 68.9 Å². The molecule has 1 aromatic carbocycles. The molecule has 4 rings (SSSR count). The quantitative estimate of drug-likeness (QED) is 0.740. The Kier molecular flexibility index (Phi) is 3.23. The molecule has 0 saturated heterocycles. The van der Waals surface area contributed by atoms with Gasteiger partial charge in [0.2, 0.25) is 5.89 Å². The van der Waals surface area contributed by atoms with Crippen LogP contribution in [0.5, 0.6) is 0 Å². The van der Waals surface area contributed by atoms with Crippen molar-refractivity contribution in [3.8, 4) is 11.5 Å². The van der Waals surface area contributed by atoms with Crippen LogP contribution in [0.2, 0.25) is 0 Å². The first-order chi connectivity index (χ1) is 10.8. The van der Waals surface area contributed by atoms with Gasteiger partial charge in [0, 0.05) is 23.5 Å². The van der Waals surface area contributed by atoms with Crippen LogP contribution in [0.3, 0.4) is 0 Å². The molecule has 0 aliphatic heterocycles. The fourth-order valence-electron chi connectivity index (χ4n) is 2.49. The van der Waals surface area contributed by atoms with Crippen LogP contribution in [-0.2, 0) is 6.42 Å². The highest BCUT2D eigenvalue weighted by molar-refractivity contribution is 8.00. The average molecular weight is 309 g/mol. The van der Waals surface area contributed by atoms with Crippen molar-refractivity contribution in [1.82, 2.24) is 15.2 Å². The van der Waals surface area contributed by atoms with Gasteiger partial charge in [-0.1, -0.05) is 36.0 Å². The first kappa shape index (κ1) is 13.2. The lowest BCUT2D eigenvalue weighted by molar-refractivity contribution is 0.1000. The van der Waals surface area contributed by atoms with Crippen molar-refractivity contribution in [1.29, 1.82) is 0 Å². The third-order valence-electron chi connectivity index (χ3n) is 3.56. The second kappa shape index (κ2) is 5.38. The van der Waals surface area contributed by atoms with Crippen LogP contribution in [0.4, 0.5) is 0 Å². The number of rotatable bonds is 3. The van der Waals surface area contributed by atoms with Crippen molar-refractivity contribution in [3.05, 3.63) is 59.9 Å². The molecule has 1 atom stereocenters. The standard InChI is InChI=1S/C16H11N3O2S/c20-14-12-4-2-1-3-11(12)9-13(14)22-16-19-18-15(21-16)10-5-7-17-8-6-10/h1-8,13H,9H2/t13-/m0/s1. The zero-order chi connectivity index (χ0) is 14.9. The Labute approximate surface area is 130 Å². The molecule has 3 aromatic rings. The number of Topliss-reactive ketones (excluding diaryl/α,β-unsaturated/α-hetero) is 1. The second-order valence-electron chi connectivity index (χ2n) is 4.94. The Morgan fingerprint density at radius 3 is 2.73 bits per heavy atom. The minimum absolute atomic E-state index is 0.129. The van der Waals surface area contributed by atoms with E-state index in [9.17, 15) is 4.79 Å². The summed E-state index contributed by atoms with van der Waals surface area (Å²) in [5.74, 6) is 0.567. The Morgan fingerprint density at radius 2 is 1.91 bits per heavy atom. The highest BCUT2D eigenvalue weighted by Gasteiger charge is 2.32. The minimum Gasteiger partial charge on any atom is -0.411 e. The number of ketones is 1. The lowest BCUT2D eigenvalue weighted by atomic mass is 10.1. The molecule has 0 unspecified atom stereocenters. The summed E-state index contributed by atoms with van der Waals surface area (Å²) in [6.07, 6.45) is 4.04. The smallest absolute Gasteiger partial charge is 0.277 e. The number of carbonyl (C=O) groups is 1. The van der Waals surface area contributed by atoms with Crippen LogP contribution >= 0.6 is 11.8 Å². The van der Waals surface area contributed by atoms with Crippen LogP contribution in [0.25, 0.3) is 11.5 Å². The molecule has 6 heteroatoms. The summed E-state index contributed by atoms with van der Waals surface area (Å²) < 4.78 is 5.64. The lowest BCUT2D eigenvalue weighted by Gasteiger charge is -2.02. The molecule has 0 spiro atoms. The molecule has 0 bridgehead atoms. The highest BCUT2D eigenvalue weighted by Crippen LogP contribution is 2.34. The Hall–Kier alpha value is -2.47. The zero-order valence-corrected chi connectivity index (χ0v) is 12.3. The van der Waals surface area contributed by atoms with Gasteiger partial charge in [-0.25, -0.2) is 0 Å². The largest absolute Gasteiger partial charge is 0.411 e. The number of aromatic nitrogens is 3. The maximum Gasteiger partial charge on any atom is 0.277 e. The molecule has 2 aromatic heterocycles. The van der Waals surface area contributed by atoms with Crippen LogP contribution < -0.4 is 0 Å². The lowest BCUT2D eigenvalue weighted by Crippen LogP contribution is -2.10. The SMILES string of the molecule is O=C1c2ccccc2C[C@@H]1Sc1nnc(-c2ccncc2)o1. The van der Waals surface area contributed by atoms with Crippen LogP contribution in [0.15, 0.2) is 58.4 Å². The summed E-state index contributed by atoms with van der Waals surface area (Å²) in [6.45, 7) is 0. The van der Waals surface area contributed by atoms with Crippen molar-refractivity contribution < 1.29 is 9.21 Å². The molecule has 0 amide bonds. The molecule has 0 radical (unpaired) electrons. The van der Waals surface area contributed by atoms with Gasteiger partial charge >= 0.3 is 0 Å². The van der Waals surface area contributed by atoms with Crippen LogP contribution in [-0.4, -0.2) is 26.2 Å². The maximum atomic E-state index is 12.4. The monoisotopic (exact) mass is 309 g/mol. The number of hydrogen-bond donors (Lipinski definition) is 0. The maximum absolute atomic E-state index is 12.4. The van der Waals surface area contributed by atoms with E-state index >= 15 is 0 Å². The number of fused-ring (bicyclic) bond motifs is 1. The number of carbonyl (C=O) groups excluding carboxylic acids is 1. The molecule has 1 aliphatic rings. The third kappa shape index (κ3) is 2.31. The first-order valence-electron chi connectivity index (χ1n) is 6.84. The van der Waals surface area contributed by atoms with Crippen LogP contribution in [0, 0.1) is 0 Å². The molecule has 0 saturated carbocycles. The summed E-state index contributed by atoms with van der Waals surface area (Å²) in [6, 6.07) is 11.3. The predicted molar refractivity (Wildman–Crippen MR) is 81.7 cm³/mol. The second-order valence-corrected chi connectivity index (χ2v) is 6.10. The van der Waals surface area contributed by atoms with Gasteiger partial charge in [0.05, 0.1) is 5.25 Å². The van der Waals surface area contributed by atoms with Crippen molar-refractivity contribution >= 4 is 17.5 Å². The van der Waals surface area contributed by atoms with Gasteiger partial charge in [-0.2, -0.15) is 0 Å². The van der Waals surface area contributed by atoms with Gasteiger partial charge in [-0.05, 0) is 24.1 Å². The number of thioether (sulfide) groups is 1. The number of hydrogen-bond acceptors (Lipinski definition) is 6. The van der Waals surface area contributed by atoms with Gasteiger partial charge < -0.3 is 4.42 Å². The fraction of sp³-hybridized carbons (Fsp3) is 0.125. The molecule has 0 N–H and O–H groups in total. The van der Waals surface area contributed by atoms with Gasteiger partial charge in [0.25, 0.3) is 5.22 Å². The van der Waals surface area contributed by atoms with E-state index < -0.39 is 0 Å². The number of benzene rings is 1.